The van der Waals surface area contributed by atoms with Crippen molar-refractivity contribution in [2.75, 3.05) is 18.1 Å². The molecule has 0 fully saturated rings. The van der Waals surface area contributed by atoms with Crippen molar-refractivity contribution in [3.05, 3.63) is 66.0 Å². The van der Waals surface area contributed by atoms with Crippen LogP contribution < -0.4 is 20.9 Å². The first-order valence-electron chi connectivity index (χ1n) is 8.39. The number of aromatic nitrogens is 3. The van der Waals surface area contributed by atoms with Crippen LogP contribution in [0.4, 0.5) is 11.9 Å². The summed E-state index contributed by atoms with van der Waals surface area (Å²) < 4.78 is 16.1. The lowest BCUT2D eigenvalue weighted by Crippen LogP contribution is -2.16. The van der Waals surface area contributed by atoms with Crippen molar-refractivity contribution in [3.63, 3.8) is 0 Å². The quantitative estimate of drug-likeness (QED) is 0.559. The number of hydrogen-bond acceptors (Lipinski definition) is 9. The fourth-order valence-electron chi connectivity index (χ4n) is 2.22. The summed E-state index contributed by atoms with van der Waals surface area (Å²) in [6.07, 6.45) is 0. The lowest BCUT2D eigenvalue weighted by atomic mass is 10.2. The van der Waals surface area contributed by atoms with E-state index in [0.717, 1.165) is 5.56 Å². The summed E-state index contributed by atoms with van der Waals surface area (Å²) in [6.45, 7) is 0.0329. The number of nitrogens with zero attached hydrogens (tertiary/aromatic N) is 3. The standard InChI is InChI=1S/C19H19N5O4/c20-18-22-16(23-19(21)24-18)11-28-17(25)12-27-15-8-6-14(7-9-15)26-10-13-4-2-1-3-5-13/h1-9H,10-12H2,(H4,20,21,22,23,24). The summed E-state index contributed by atoms with van der Waals surface area (Å²) in [5.74, 6) is 0.718. The molecule has 9 heteroatoms. The van der Waals surface area contributed by atoms with E-state index in [-0.39, 0.29) is 30.9 Å². The number of anilines is 2. The highest BCUT2D eigenvalue weighted by atomic mass is 16.6. The Morgan fingerprint density at radius 1 is 0.786 bits per heavy atom. The maximum Gasteiger partial charge on any atom is 0.344 e. The molecule has 0 saturated carbocycles. The van der Waals surface area contributed by atoms with Crippen LogP contribution in [0.25, 0.3) is 0 Å². The van der Waals surface area contributed by atoms with Crippen LogP contribution in [-0.2, 0) is 22.7 Å². The zero-order chi connectivity index (χ0) is 19.8. The number of ether oxygens (including phenoxy) is 3. The maximum absolute atomic E-state index is 11.8. The Hall–Kier alpha value is -3.88. The smallest absolute Gasteiger partial charge is 0.344 e. The highest BCUT2D eigenvalue weighted by molar-refractivity contribution is 5.71. The number of hydrogen-bond donors (Lipinski definition) is 2. The second kappa shape index (κ2) is 9.17. The first-order chi connectivity index (χ1) is 13.6. The predicted molar refractivity (Wildman–Crippen MR) is 101 cm³/mol. The van der Waals surface area contributed by atoms with Crippen LogP contribution in [-0.4, -0.2) is 27.5 Å². The van der Waals surface area contributed by atoms with Gasteiger partial charge < -0.3 is 25.7 Å². The van der Waals surface area contributed by atoms with Gasteiger partial charge in [0, 0.05) is 0 Å². The van der Waals surface area contributed by atoms with Crippen molar-refractivity contribution in [1.82, 2.24) is 15.0 Å². The monoisotopic (exact) mass is 381 g/mol. The Bertz CT molecular complexity index is 899. The van der Waals surface area contributed by atoms with E-state index in [4.69, 9.17) is 25.7 Å². The number of carbonyl (C=O) groups is 1. The summed E-state index contributed by atoms with van der Waals surface area (Å²) in [5, 5.41) is 0. The molecule has 3 rings (SSSR count). The molecule has 0 aliphatic rings. The van der Waals surface area contributed by atoms with E-state index >= 15 is 0 Å². The minimum Gasteiger partial charge on any atom is -0.489 e. The van der Waals surface area contributed by atoms with Gasteiger partial charge in [0.05, 0.1) is 0 Å². The van der Waals surface area contributed by atoms with Gasteiger partial charge in [-0.05, 0) is 29.8 Å². The summed E-state index contributed by atoms with van der Waals surface area (Å²) in [7, 11) is 0. The fraction of sp³-hybridized carbons (Fsp3) is 0.158. The van der Waals surface area contributed by atoms with Crippen LogP contribution in [0.2, 0.25) is 0 Å². The molecule has 0 amide bonds. The molecule has 28 heavy (non-hydrogen) atoms. The third-order valence-corrected chi connectivity index (χ3v) is 3.51. The highest BCUT2D eigenvalue weighted by Gasteiger charge is 2.08. The van der Waals surface area contributed by atoms with Crippen molar-refractivity contribution >= 4 is 17.9 Å². The number of carbonyl (C=O) groups excluding carboxylic acids is 1. The van der Waals surface area contributed by atoms with Gasteiger partial charge in [0.1, 0.15) is 18.1 Å². The average molecular weight is 381 g/mol. The number of nitrogen functional groups attached to an aromatic ring is 2. The summed E-state index contributed by atoms with van der Waals surface area (Å²) >= 11 is 0. The van der Waals surface area contributed by atoms with Crippen molar-refractivity contribution in [1.29, 1.82) is 0 Å². The van der Waals surface area contributed by atoms with E-state index in [1.165, 1.54) is 0 Å². The molecule has 1 heterocycles. The third kappa shape index (κ3) is 5.84. The van der Waals surface area contributed by atoms with Crippen molar-refractivity contribution in [3.8, 4) is 11.5 Å². The van der Waals surface area contributed by atoms with E-state index in [1.807, 2.05) is 30.3 Å². The molecule has 4 N–H and O–H groups in total. The first kappa shape index (κ1) is 18.9. The molecule has 0 spiro atoms. The Kier molecular flexibility index (Phi) is 6.19. The zero-order valence-corrected chi connectivity index (χ0v) is 14.9. The largest absolute Gasteiger partial charge is 0.489 e. The number of benzene rings is 2. The molecule has 9 nitrogen and oxygen atoms in total. The summed E-state index contributed by atoms with van der Waals surface area (Å²) in [4.78, 5) is 23.0. The topological polar surface area (TPSA) is 135 Å². The molecular formula is C19H19N5O4. The van der Waals surface area contributed by atoms with Crippen LogP contribution in [0.5, 0.6) is 11.5 Å². The second-order valence-electron chi connectivity index (χ2n) is 5.66. The average Bonchev–Trinajstić information content (AvgIpc) is 2.70. The predicted octanol–water partition coefficient (Wildman–Crippen LogP) is 1.74. The molecule has 1 aromatic heterocycles. The van der Waals surface area contributed by atoms with E-state index in [9.17, 15) is 4.79 Å². The Balaban J connectivity index is 1.42. The van der Waals surface area contributed by atoms with Crippen molar-refractivity contribution < 1.29 is 19.0 Å². The molecule has 0 atom stereocenters. The fourth-order valence-corrected chi connectivity index (χ4v) is 2.22. The molecule has 0 unspecified atom stereocenters. The normalized spacial score (nSPS) is 10.3. The Morgan fingerprint density at radius 3 is 2.04 bits per heavy atom. The van der Waals surface area contributed by atoms with Crippen LogP contribution in [0.15, 0.2) is 54.6 Å². The van der Waals surface area contributed by atoms with Gasteiger partial charge >= 0.3 is 5.97 Å². The van der Waals surface area contributed by atoms with Crippen molar-refractivity contribution in [2.45, 2.75) is 13.2 Å². The lowest BCUT2D eigenvalue weighted by Gasteiger charge is -2.09. The van der Waals surface area contributed by atoms with Crippen LogP contribution in [0, 0.1) is 0 Å². The van der Waals surface area contributed by atoms with E-state index in [1.54, 1.807) is 24.3 Å². The van der Waals surface area contributed by atoms with Gasteiger partial charge in [0.15, 0.2) is 19.0 Å². The summed E-state index contributed by atoms with van der Waals surface area (Å²) in [6, 6.07) is 16.8. The third-order valence-electron chi connectivity index (χ3n) is 3.51. The SMILES string of the molecule is Nc1nc(N)nc(COC(=O)COc2ccc(OCc3ccccc3)cc2)n1. The molecule has 144 valence electrons. The maximum atomic E-state index is 11.8. The van der Waals surface area contributed by atoms with Crippen molar-refractivity contribution in [2.24, 2.45) is 0 Å². The van der Waals surface area contributed by atoms with Gasteiger partial charge in [-0.2, -0.15) is 15.0 Å². The van der Waals surface area contributed by atoms with Crippen LogP contribution in [0.3, 0.4) is 0 Å². The van der Waals surface area contributed by atoms with E-state index < -0.39 is 5.97 Å². The van der Waals surface area contributed by atoms with Gasteiger partial charge in [-0.1, -0.05) is 30.3 Å². The van der Waals surface area contributed by atoms with Crippen LogP contribution >= 0.6 is 0 Å². The first-order valence-corrected chi connectivity index (χ1v) is 8.39. The molecule has 0 bridgehead atoms. The van der Waals surface area contributed by atoms with Gasteiger partial charge in [-0.15, -0.1) is 0 Å². The highest BCUT2D eigenvalue weighted by Crippen LogP contribution is 2.18. The lowest BCUT2D eigenvalue weighted by molar-refractivity contribution is -0.147. The number of nitrogens with two attached hydrogens (primary N) is 2. The molecule has 0 aliphatic heterocycles. The van der Waals surface area contributed by atoms with Gasteiger partial charge in [-0.3, -0.25) is 0 Å². The number of rotatable bonds is 8. The molecule has 0 radical (unpaired) electrons. The molecule has 0 saturated heterocycles. The Labute approximate surface area is 161 Å². The molecule has 2 aromatic carbocycles. The Morgan fingerprint density at radius 2 is 1.39 bits per heavy atom. The minimum atomic E-state index is -0.582. The van der Waals surface area contributed by atoms with E-state index in [2.05, 4.69) is 15.0 Å². The zero-order valence-electron chi connectivity index (χ0n) is 14.9. The number of esters is 1. The molecule has 0 aliphatic carbocycles. The molecule has 3 aromatic rings. The van der Waals surface area contributed by atoms with E-state index in [0.29, 0.717) is 18.1 Å². The van der Waals surface area contributed by atoms with Gasteiger partial charge in [-0.25, -0.2) is 4.79 Å². The second-order valence-corrected chi connectivity index (χ2v) is 5.66. The summed E-state index contributed by atoms with van der Waals surface area (Å²) in [5.41, 5.74) is 12.0. The van der Waals surface area contributed by atoms with Gasteiger partial charge in [0.2, 0.25) is 11.9 Å². The molecular weight excluding hydrogens is 362 g/mol. The minimum absolute atomic E-state index is 0.0376. The van der Waals surface area contributed by atoms with Gasteiger partial charge in [0.25, 0.3) is 0 Å². The van der Waals surface area contributed by atoms with Crippen LogP contribution in [0.1, 0.15) is 11.4 Å².